The van der Waals surface area contributed by atoms with E-state index in [0.29, 0.717) is 33.1 Å². The summed E-state index contributed by atoms with van der Waals surface area (Å²) >= 11 is 13.4. The number of anilines is 1. The molecule has 9 heteroatoms. The Labute approximate surface area is 142 Å². The third-order valence-corrected chi connectivity index (χ3v) is 4.30. The van der Waals surface area contributed by atoms with E-state index < -0.39 is 0 Å². The van der Waals surface area contributed by atoms with E-state index in [2.05, 4.69) is 20.8 Å². The van der Waals surface area contributed by atoms with Crippen molar-refractivity contribution in [3.8, 4) is 0 Å². The molecule has 118 valence electrons. The molecule has 0 saturated carbocycles. The van der Waals surface area contributed by atoms with Crippen molar-refractivity contribution in [1.29, 1.82) is 0 Å². The standard InChI is InChI=1S/C13H15Cl2N5OS/c1-8(2)20-13(17-18-19-20)22-7-6-11(21)16-12-9(14)4-3-5-10(12)15/h3-5,8H,6-7H2,1-2H3,(H,16,21). The van der Waals surface area contributed by atoms with Gasteiger partial charge in [0.05, 0.1) is 21.8 Å². The summed E-state index contributed by atoms with van der Waals surface area (Å²) in [6.45, 7) is 3.99. The van der Waals surface area contributed by atoms with E-state index in [1.807, 2.05) is 13.8 Å². The number of amides is 1. The molecular weight excluding hydrogens is 345 g/mol. The lowest BCUT2D eigenvalue weighted by molar-refractivity contribution is -0.115. The smallest absolute Gasteiger partial charge is 0.225 e. The maximum absolute atomic E-state index is 12.0. The second-order valence-electron chi connectivity index (χ2n) is 4.74. The first kappa shape index (κ1) is 17.1. The van der Waals surface area contributed by atoms with Crippen LogP contribution in [0.15, 0.2) is 23.4 Å². The molecule has 1 aromatic carbocycles. The largest absolute Gasteiger partial charge is 0.324 e. The van der Waals surface area contributed by atoms with Crippen molar-refractivity contribution in [2.45, 2.75) is 31.5 Å². The molecule has 1 amide bonds. The number of thioether (sulfide) groups is 1. The summed E-state index contributed by atoms with van der Waals surface area (Å²) in [5, 5.41) is 15.7. The zero-order valence-electron chi connectivity index (χ0n) is 12.1. The number of nitrogens with zero attached hydrogens (tertiary/aromatic N) is 4. The monoisotopic (exact) mass is 359 g/mol. The van der Waals surface area contributed by atoms with Gasteiger partial charge in [-0.15, -0.1) is 5.10 Å². The minimum Gasteiger partial charge on any atom is -0.324 e. The summed E-state index contributed by atoms with van der Waals surface area (Å²) in [6, 6.07) is 5.25. The Morgan fingerprint density at radius 1 is 1.36 bits per heavy atom. The molecule has 2 aromatic rings. The van der Waals surface area contributed by atoms with Crippen LogP contribution in [0, 0.1) is 0 Å². The van der Waals surface area contributed by atoms with Crippen molar-refractivity contribution >= 4 is 46.6 Å². The number of hydrogen-bond acceptors (Lipinski definition) is 5. The fourth-order valence-corrected chi connectivity index (χ4v) is 3.09. The molecule has 1 N–H and O–H groups in total. The van der Waals surface area contributed by atoms with Crippen molar-refractivity contribution in [3.63, 3.8) is 0 Å². The molecule has 6 nitrogen and oxygen atoms in total. The van der Waals surface area contributed by atoms with Gasteiger partial charge in [0.15, 0.2) is 0 Å². The lowest BCUT2D eigenvalue weighted by Gasteiger charge is -2.09. The fraction of sp³-hybridized carbons (Fsp3) is 0.385. The summed E-state index contributed by atoms with van der Waals surface area (Å²) < 4.78 is 1.72. The summed E-state index contributed by atoms with van der Waals surface area (Å²) in [7, 11) is 0. The molecule has 0 aliphatic heterocycles. The number of nitrogens with one attached hydrogen (secondary N) is 1. The van der Waals surface area contributed by atoms with Gasteiger partial charge in [-0.2, -0.15) is 0 Å². The number of carbonyl (C=O) groups is 1. The maximum atomic E-state index is 12.0. The highest BCUT2D eigenvalue weighted by molar-refractivity contribution is 7.99. The lowest BCUT2D eigenvalue weighted by atomic mass is 10.3. The molecule has 0 atom stereocenters. The first-order valence-corrected chi connectivity index (χ1v) is 8.37. The molecule has 0 bridgehead atoms. The van der Waals surface area contributed by atoms with Gasteiger partial charge < -0.3 is 5.32 Å². The van der Waals surface area contributed by atoms with Gasteiger partial charge in [0.2, 0.25) is 11.1 Å². The Bertz CT molecular complexity index is 641. The molecule has 0 radical (unpaired) electrons. The van der Waals surface area contributed by atoms with E-state index in [0.717, 1.165) is 0 Å². The Balaban J connectivity index is 1.87. The molecule has 2 rings (SSSR count). The number of tetrazole rings is 1. The minimum atomic E-state index is -0.161. The molecule has 0 spiro atoms. The molecule has 0 fully saturated rings. The van der Waals surface area contributed by atoms with Gasteiger partial charge in [0, 0.05) is 12.2 Å². The zero-order valence-corrected chi connectivity index (χ0v) is 14.4. The molecule has 1 heterocycles. The highest BCUT2D eigenvalue weighted by atomic mass is 35.5. The van der Waals surface area contributed by atoms with Crippen molar-refractivity contribution in [2.24, 2.45) is 0 Å². The number of halogens is 2. The van der Waals surface area contributed by atoms with Gasteiger partial charge in [0.25, 0.3) is 0 Å². The van der Waals surface area contributed by atoms with Crippen molar-refractivity contribution in [2.75, 3.05) is 11.1 Å². The zero-order chi connectivity index (χ0) is 16.1. The third-order valence-electron chi connectivity index (χ3n) is 2.74. The van der Waals surface area contributed by atoms with Gasteiger partial charge in [-0.1, -0.05) is 41.0 Å². The average Bonchev–Trinajstić information content (AvgIpc) is 2.92. The quantitative estimate of drug-likeness (QED) is 0.796. The normalized spacial score (nSPS) is 11.0. The minimum absolute atomic E-state index is 0.161. The average molecular weight is 360 g/mol. The van der Waals surface area contributed by atoms with Gasteiger partial charge >= 0.3 is 0 Å². The SMILES string of the molecule is CC(C)n1nnnc1SCCC(=O)Nc1c(Cl)cccc1Cl. The topological polar surface area (TPSA) is 72.7 Å². The second kappa shape index (κ2) is 7.80. The van der Waals surface area contributed by atoms with E-state index in [4.69, 9.17) is 23.2 Å². The van der Waals surface area contributed by atoms with Crippen LogP contribution in [0.5, 0.6) is 0 Å². The van der Waals surface area contributed by atoms with Crippen LogP contribution in [-0.2, 0) is 4.79 Å². The van der Waals surface area contributed by atoms with E-state index in [-0.39, 0.29) is 11.9 Å². The number of benzene rings is 1. The van der Waals surface area contributed by atoms with E-state index in [1.165, 1.54) is 11.8 Å². The van der Waals surface area contributed by atoms with Crippen LogP contribution >= 0.6 is 35.0 Å². The van der Waals surface area contributed by atoms with E-state index in [9.17, 15) is 4.79 Å². The van der Waals surface area contributed by atoms with Gasteiger partial charge in [-0.3, -0.25) is 4.79 Å². The lowest BCUT2D eigenvalue weighted by Crippen LogP contribution is -2.13. The van der Waals surface area contributed by atoms with Crippen LogP contribution in [0.1, 0.15) is 26.3 Å². The second-order valence-corrected chi connectivity index (χ2v) is 6.62. The predicted molar refractivity (Wildman–Crippen MR) is 88.6 cm³/mol. The molecule has 22 heavy (non-hydrogen) atoms. The first-order valence-electron chi connectivity index (χ1n) is 6.63. The summed E-state index contributed by atoms with van der Waals surface area (Å²) in [4.78, 5) is 12.0. The Morgan fingerprint density at radius 3 is 2.68 bits per heavy atom. The Kier molecular flexibility index (Phi) is 6.05. The van der Waals surface area contributed by atoms with Crippen LogP contribution < -0.4 is 5.32 Å². The fourth-order valence-electron chi connectivity index (χ4n) is 1.66. The molecule has 1 aromatic heterocycles. The predicted octanol–water partition coefficient (Wildman–Crippen LogP) is 3.68. The number of carbonyl (C=O) groups excluding carboxylic acids is 1. The van der Waals surface area contributed by atoms with Crippen LogP contribution in [0.4, 0.5) is 5.69 Å². The maximum Gasteiger partial charge on any atom is 0.225 e. The first-order chi connectivity index (χ1) is 10.5. The summed E-state index contributed by atoms with van der Waals surface area (Å²) in [5.74, 6) is 0.396. The van der Waals surface area contributed by atoms with Gasteiger partial charge in [0.1, 0.15) is 0 Å². The Hall–Kier alpha value is -1.31. The summed E-state index contributed by atoms with van der Waals surface area (Å²) in [5.41, 5.74) is 0.438. The molecule has 0 saturated heterocycles. The van der Waals surface area contributed by atoms with Crippen molar-refractivity contribution in [1.82, 2.24) is 20.2 Å². The molecule has 0 aliphatic rings. The van der Waals surface area contributed by atoms with Gasteiger partial charge in [-0.25, -0.2) is 4.68 Å². The number of para-hydroxylation sites is 1. The highest BCUT2D eigenvalue weighted by Crippen LogP contribution is 2.30. The van der Waals surface area contributed by atoms with Crippen LogP contribution in [0.3, 0.4) is 0 Å². The number of rotatable bonds is 6. The molecule has 0 unspecified atom stereocenters. The van der Waals surface area contributed by atoms with Crippen molar-refractivity contribution < 1.29 is 4.79 Å². The Morgan fingerprint density at radius 2 is 2.05 bits per heavy atom. The van der Waals surface area contributed by atoms with Crippen LogP contribution in [0.2, 0.25) is 10.0 Å². The molecular formula is C13H15Cl2N5OS. The number of aromatic nitrogens is 4. The van der Waals surface area contributed by atoms with Crippen LogP contribution in [-0.4, -0.2) is 31.9 Å². The molecule has 0 aliphatic carbocycles. The summed E-state index contributed by atoms with van der Waals surface area (Å²) in [6.07, 6.45) is 0.303. The third kappa shape index (κ3) is 4.34. The van der Waals surface area contributed by atoms with E-state index in [1.54, 1.807) is 22.9 Å². The van der Waals surface area contributed by atoms with E-state index >= 15 is 0 Å². The number of hydrogen-bond donors (Lipinski definition) is 1. The van der Waals surface area contributed by atoms with Crippen molar-refractivity contribution in [3.05, 3.63) is 28.2 Å². The highest BCUT2D eigenvalue weighted by Gasteiger charge is 2.12. The van der Waals surface area contributed by atoms with Crippen LogP contribution in [0.25, 0.3) is 0 Å². The van der Waals surface area contributed by atoms with Gasteiger partial charge in [-0.05, 0) is 36.4 Å².